The summed E-state index contributed by atoms with van der Waals surface area (Å²) >= 11 is 0. The Kier molecular flexibility index (Phi) is 5.30. The van der Waals surface area contributed by atoms with E-state index in [2.05, 4.69) is 10.1 Å². The zero-order chi connectivity index (χ0) is 10.2. The molecule has 0 spiro atoms. The fourth-order valence-corrected chi connectivity index (χ4v) is 1.76. The Hall–Kier alpha value is -0.830. The van der Waals surface area contributed by atoms with E-state index < -0.39 is 0 Å². The molecule has 0 amide bonds. The second-order valence-electron chi connectivity index (χ2n) is 3.67. The first kappa shape index (κ1) is 11.2. The average Bonchev–Trinajstić information content (AvgIpc) is 2.25. The number of methoxy groups -OCH3 is 1. The van der Waals surface area contributed by atoms with Crippen LogP contribution >= 0.6 is 0 Å². The second kappa shape index (κ2) is 6.60. The van der Waals surface area contributed by atoms with Gasteiger partial charge in [0.1, 0.15) is 0 Å². The van der Waals surface area contributed by atoms with Crippen LogP contribution in [-0.4, -0.2) is 25.7 Å². The maximum Gasteiger partial charge on any atom is 0.330 e. The predicted octanol–water partition coefficient (Wildman–Crippen LogP) is 1.64. The molecule has 3 nitrogen and oxygen atoms in total. The number of esters is 1. The lowest BCUT2D eigenvalue weighted by Crippen LogP contribution is -2.31. The lowest BCUT2D eigenvalue weighted by Gasteiger charge is -2.21. The van der Waals surface area contributed by atoms with Crippen LogP contribution in [-0.2, 0) is 9.53 Å². The third-order valence-corrected chi connectivity index (χ3v) is 2.58. The summed E-state index contributed by atoms with van der Waals surface area (Å²) < 4.78 is 4.49. The Morgan fingerprint density at radius 3 is 2.79 bits per heavy atom. The van der Waals surface area contributed by atoms with Crippen LogP contribution in [0.1, 0.15) is 32.1 Å². The molecule has 0 aromatic carbocycles. The first-order valence-electron chi connectivity index (χ1n) is 5.31. The smallest absolute Gasteiger partial charge is 0.330 e. The van der Waals surface area contributed by atoms with Crippen molar-refractivity contribution in [3.8, 4) is 0 Å². The molecule has 80 valence electrons. The molecule has 0 unspecified atom stereocenters. The SMILES string of the molecule is COC(=O)C=CCNC1CCCCC1. The zero-order valence-electron chi connectivity index (χ0n) is 8.79. The van der Waals surface area contributed by atoms with E-state index in [0.717, 1.165) is 6.54 Å². The van der Waals surface area contributed by atoms with Gasteiger partial charge in [0.05, 0.1) is 7.11 Å². The number of carbonyl (C=O) groups is 1. The van der Waals surface area contributed by atoms with Gasteiger partial charge in [0.25, 0.3) is 0 Å². The molecule has 3 heteroatoms. The molecule has 1 aliphatic carbocycles. The van der Waals surface area contributed by atoms with Crippen molar-refractivity contribution in [1.29, 1.82) is 0 Å². The second-order valence-corrected chi connectivity index (χ2v) is 3.67. The standard InChI is InChI=1S/C11H19NO2/c1-14-11(13)8-5-9-12-10-6-3-2-4-7-10/h5,8,10,12H,2-4,6-7,9H2,1H3. The molecule has 0 atom stereocenters. The fourth-order valence-electron chi connectivity index (χ4n) is 1.76. The Bertz CT molecular complexity index is 195. The van der Waals surface area contributed by atoms with Crippen molar-refractivity contribution in [1.82, 2.24) is 5.32 Å². The normalized spacial score (nSPS) is 18.6. The van der Waals surface area contributed by atoms with E-state index in [1.807, 2.05) is 6.08 Å². The van der Waals surface area contributed by atoms with Gasteiger partial charge in [-0.05, 0) is 12.8 Å². The molecule has 1 aliphatic rings. The molecule has 0 aromatic heterocycles. The third kappa shape index (κ3) is 4.42. The van der Waals surface area contributed by atoms with Crippen LogP contribution in [0.25, 0.3) is 0 Å². The highest BCUT2D eigenvalue weighted by Crippen LogP contribution is 2.16. The fraction of sp³-hybridized carbons (Fsp3) is 0.727. The van der Waals surface area contributed by atoms with Gasteiger partial charge in [-0.2, -0.15) is 0 Å². The van der Waals surface area contributed by atoms with Gasteiger partial charge in [0.2, 0.25) is 0 Å². The van der Waals surface area contributed by atoms with Crippen LogP contribution in [0.3, 0.4) is 0 Å². The molecule has 14 heavy (non-hydrogen) atoms. The summed E-state index contributed by atoms with van der Waals surface area (Å²) in [6.07, 6.45) is 9.86. The van der Waals surface area contributed by atoms with Gasteiger partial charge in [-0.25, -0.2) is 4.79 Å². The summed E-state index contributed by atoms with van der Waals surface area (Å²) in [4.78, 5) is 10.7. The van der Waals surface area contributed by atoms with Crippen molar-refractivity contribution < 1.29 is 9.53 Å². The third-order valence-electron chi connectivity index (χ3n) is 2.58. The van der Waals surface area contributed by atoms with Gasteiger partial charge in [0, 0.05) is 18.7 Å². The first-order valence-corrected chi connectivity index (χ1v) is 5.31. The van der Waals surface area contributed by atoms with Gasteiger partial charge in [-0.15, -0.1) is 0 Å². The van der Waals surface area contributed by atoms with E-state index in [-0.39, 0.29) is 5.97 Å². The molecule has 0 radical (unpaired) electrons. The van der Waals surface area contributed by atoms with E-state index in [9.17, 15) is 4.79 Å². The van der Waals surface area contributed by atoms with Crippen LogP contribution < -0.4 is 5.32 Å². The summed E-state index contributed by atoms with van der Waals surface area (Å²) in [5, 5.41) is 3.41. The summed E-state index contributed by atoms with van der Waals surface area (Å²) in [5.41, 5.74) is 0. The number of rotatable bonds is 4. The number of nitrogens with one attached hydrogen (secondary N) is 1. The molecule has 1 saturated carbocycles. The molecule has 0 saturated heterocycles. The minimum atomic E-state index is -0.282. The van der Waals surface area contributed by atoms with Gasteiger partial charge in [-0.1, -0.05) is 25.3 Å². The quantitative estimate of drug-likeness (QED) is 0.550. The molecule has 1 rings (SSSR count). The predicted molar refractivity (Wildman–Crippen MR) is 56.0 cm³/mol. The van der Waals surface area contributed by atoms with Crippen molar-refractivity contribution in [3.05, 3.63) is 12.2 Å². The minimum absolute atomic E-state index is 0.282. The van der Waals surface area contributed by atoms with E-state index in [1.54, 1.807) is 0 Å². The largest absolute Gasteiger partial charge is 0.466 e. The number of hydrogen-bond acceptors (Lipinski definition) is 3. The number of ether oxygens (including phenoxy) is 1. The average molecular weight is 197 g/mol. The van der Waals surface area contributed by atoms with E-state index in [1.165, 1.54) is 45.3 Å². The highest BCUT2D eigenvalue weighted by Gasteiger charge is 2.10. The van der Waals surface area contributed by atoms with Crippen LogP contribution in [0.5, 0.6) is 0 Å². The lowest BCUT2D eigenvalue weighted by atomic mass is 9.95. The van der Waals surface area contributed by atoms with Gasteiger partial charge >= 0.3 is 5.97 Å². The van der Waals surface area contributed by atoms with Crippen LogP contribution in [0, 0.1) is 0 Å². The Morgan fingerprint density at radius 2 is 2.14 bits per heavy atom. The van der Waals surface area contributed by atoms with E-state index >= 15 is 0 Å². The zero-order valence-corrected chi connectivity index (χ0v) is 8.79. The van der Waals surface area contributed by atoms with Crippen molar-refractivity contribution >= 4 is 5.97 Å². The molecular formula is C11H19NO2. The molecule has 1 fully saturated rings. The number of carbonyl (C=O) groups excluding carboxylic acids is 1. The highest BCUT2D eigenvalue weighted by molar-refractivity contribution is 5.81. The van der Waals surface area contributed by atoms with Crippen LogP contribution in [0.4, 0.5) is 0 Å². The maximum atomic E-state index is 10.7. The molecule has 0 aliphatic heterocycles. The van der Waals surface area contributed by atoms with Gasteiger partial charge in [0.15, 0.2) is 0 Å². The van der Waals surface area contributed by atoms with Gasteiger partial charge in [-0.3, -0.25) is 0 Å². The number of hydrogen-bond donors (Lipinski definition) is 1. The van der Waals surface area contributed by atoms with E-state index in [4.69, 9.17) is 0 Å². The topological polar surface area (TPSA) is 38.3 Å². The Balaban J connectivity index is 2.07. The minimum Gasteiger partial charge on any atom is -0.466 e. The van der Waals surface area contributed by atoms with Gasteiger partial charge < -0.3 is 10.1 Å². The first-order chi connectivity index (χ1) is 6.83. The summed E-state index contributed by atoms with van der Waals surface area (Å²) in [7, 11) is 1.39. The Morgan fingerprint density at radius 1 is 1.43 bits per heavy atom. The molecule has 0 aromatic rings. The van der Waals surface area contributed by atoms with E-state index in [0.29, 0.717) is 6.04 Å². The summed E-state index contributed by atoms with van der Waals surface area (Å²) in [5.74, 6) is -0.282. The monoisotopic (exact) mass is 197 g/mol. The molecule has 1 N–H and O–H groups in total. The highest BCUT2D eigenvalue weighted by atomic mass is 16.5. The maximum absolute atomic E-state index is 10.7. The Labute approximate surface area is 85.5 Å². The van der Waals surface area contributed by atoms with Crippen molar-refractivity contribution in [2.45, 2.75) is 38.1 Å². The van der Waals surface area contributed by atoms with Crippen molar-refractivity contribution in [3.63, 3.8) is 0 Å². The van der Waals surface area contributed by atoms with Crippen LogP contribution in [0.2, 0.25) is 0 Å². The summed E-state index contributed by atoms with van der Waals surface area (Å²) in [6, 6.07) is 0.644. The van der Waals surface area contributed by atoms with Crippen molar-refractivity contribution in [2.24, 2.45) is 0 Å². The summed E-state index contributed by atoms with van der Waals surface area (Å²) in [6.45, 7) is 0.764. The van der Waals surface area contributed by atoms with Crippen LogP contribution in [0.15, 0.2) is 12.2 Å². The molecule has 0 bridgehead atoms. The molecule has 0 heterocycles. The lowest BCUT2D eigenvalue weighted by molar-refractivity contribution is -0.134. The van der Waals surface area contributed by atoms with Crippen molar-refractivity contribution in [2.75, 3.05) is 13.7 Å². The molecular weight excluding hydrogens is 178 g/mol.